The van der Waals surface area contributed by atoms with Gasteiger partial charge in [0, 0.05) is 5.69 Å². The lowest BCUT2D eigenvalue weighted by Crippen LogP contribution is -2.13. The van der Waals surface area contributed by atoms with Crippen molar-refractivity contribution in [2.24, 2.45) is 0 Å². The monoisotopic (exact) mass is 359 g/mol. The number of hydrogen-bond acceptors (Lipinski definition) is 3. The molecule has 0 saturated heterocycles. The van der Waals surface area contributed by atoms with Gasteiger partial charge < -0.3 is 4.74 Å². The number of nitrogens with one attached hydrogen (secondary N) is 1. The van der Waals surface area contributed by atoms with Crippen LogP contribution in [0.3, 0.4) is 0 Å². The third-order valence-electron chi connectivity index (χ3n) is 3.21. The van der Waals surface area contributed by atoms with Crippen LogP contribution in [0, 0.1) is 0 Å². The normalized spacial score (nSPS) is 11.0. The molecule has 0 amide bonds. The van der Waals surface area contributed by atoms with Gasteiger partial charge in [0.15, 0.2) is 0 Å². The van der Waals surface area contributed by atoms with Crippen molar-refractivity contribution in [3.05, 3.63) is 83.9 Å². The molecule has 0 heterocycles. The first-order valence-electron chi connectivity index (χ1n) is 7.15. The first kappa shape index (κ1) is 16.4. The van der Waals surface area contributed by atoms with Gasteiger partial charge in [0.05, 0.1) is 5.02 Å². The zero-order chi connectivity index (χ0) is 17.0. The number of anilines is 1. The Labute approximate surface area is 145 Å². The smallest absolute Gasteiger partial charge is 0.263 e. The topological polar surface area (TPSA) is 55.4 Å². The van der Waals surface area contributed by atoms with Crippen LogP contribution < -0.4 is 9.46 Å². The van der Waals surface area contributed by atoms with Crippen molar-refractivity contribution in [1.82, 2.24) is 0 Å². The Bertz CT molecular complexity index is 926. The van der Waals surface area contributed by atoms with E-state index in [1.54, 1.807) is 36.4 Å². The largest absolute Gasteiger partial charge is 0.457 e. The molecule has 0 unspecified atom stereocenters. The first-order chi connectivity index (χ1) is 11.5. The molecular formula is C18H14ClNO3S. The SMILES string of the molecule is O=S(=O)(Nc1ccc(Oc2ccccc2)cc1)c1ccccc1Cl. The summed E-state index contributed by atoms with van der Waals surface area (Å²) in [7, 11) is -3.74. The molecular weight excluding hydrogens is 346 g/mol. The van der Waals surface area contributed by atoms with Crippen LogP contribution in [0.25, 0.3) is 0 Å². The Hall–Kier alpha value is -2.50. The van der Waals surface area contributed by atoms with Crippen LogP contribution >= 0.6 is 11.6 Å². The maximum atomic E-state index is 12.4. The molecule has 0 aliphatic heterocycles. The lowest BCUT2D eigenvalue weighted by atomic mass is 10.3. The summed E-state index contributed by atoms with van der Waals surface area (Å²) in [5.74, 6) is 1.32. The minimum atomic E-state index is -3.74. The van der Waals surface area contributed by atoms with Crippen LogP contribution in [0.5, 0.6) is 11.5 Å². The highest BCUT2D eigenvalue weighted by Gasteiger charge is 2.17. The van der Waals surface area contributed by atoms with Crippen molar-refractivity contribution < 1.29 is 13.2 Å². The molecule has 122 valence electrons. The summed E-state index contributed by atoms with van der Waals surface area (Å²) >= 11 is 5.95. The molecule has 0 spiro atoms. The number of benzene rings is 3. The molecule has 0 aromatic heterocycles. The summed E-state index contributed by atoms with van der Waals surface area (Å²) in [6, 6.07) is 22.3. The van der Waals surface area contributed by atoms with Crippen LogP contribution in [0.2, 0.25) is 5.02 Å². The second-order valence-electron chi connectivity index (χ2n) is 4.98. The van der Waals surface area contributed by atoms with E-state index >= 15 is 0 Å². The predicted octanol–water partition coefficient (Wildman–Crippen LogP) is 4.93. The molecule has 0 atom stereocenters. The van der Waals surface area contributed by atoms with Gasteiger partial charge >= 0.3 is 0 Å². The van der Waals surface area contributed by atoms with E-state index in [-0.39, 0.29) is 9.92 Å². The van der Waals surface area contributed by atoms with Gasteiger partial charge in [-0.05, 0) is 48.5 Å². The maximum Gasteiger partial charge on any atom is 0.263 e. The lowest BCUT2D eigenvalue weighted by molar-refractivity contribution is 0.483. The van der Waals surface area contributed by atoms with Crippen molar-refractivity contribution in [1.29, 1.82) is 0 Å². The predicted molar refractivity (Wildman–Crippen MR) is 95.2 cm³/mol. The second-order valence-corrected chi connectivity index (χ2v) is 7.03. The van der Waals surface area contributed by atoms with Gasteiger partial charge in [0.2, 0.25) is 0 Å². The molecule has 24 heavy (non-hydrogen) atoms. The number of para-hydroxylation sites is 1. The Morgan fingerprint density at radius 2 is 1.33 bits per heavy atom. The first-order valence-corrected chi connectivity index (χ1v) is 9.01. The van der Waals surface area contributed by atoms with Gasteiger partial charge in [-0.3, -0.25) is 4.72 Å². The Morgan fingerprint density at radius 3 is 2.00 bits per heavy atom. The Kier molecular flexibility index (Phi) is 4.74. The van der Waals surface area contributed by atoms with E-state index in [9.17, 15) is 8.42 Å². The quantitative estimate of drug-likeness (QED) is 0.702. The molecule has 3 rings (SSSR count). The van der Waals surface area contributed by atoms with Gasteiger partial charge in [0.1, 0.15) is 16.4 Å². The van der Waals surface area contributed by atoms with E-state index in [4.69, 9.17) is 16.3 Å². The van der Waals surface area contributed by atoms with Crippen LogP contribution in [0.15, 0.2) is 83.8 Å². The van der Waals surface area contributed by atoms with E-state index in [0.717, 1.165) is 0 Å². The zero-order valence-electron chi connectivity index (χ0n) is 12.5. The molecule has 3 aromatic carbocycles. The van der Waals surface area contributed by atoms with E-state index in [0.29, 0.717) is 17.2 Å². The Morgan fingerprint density at radius 1 is 0.750 bits per heavy atom. The molecule has 4 nitrogen and oxygen atoms in total. The van der Waals surface area contributed by atoms with E-state index in [1.807, 2.05) is 30.3 Å². The summed E-state index contributed by atoms with van der Waals surface area (Å²) in [5, 5.41) is 0.175. The van der Waals surface area contributed by atoms with Crippen LogP contribution in [-0.2, 0) is 10.0 Å². The van der Waals surface area contributed by atoms with E-state index in [2.05, 4.69) is 4.72 Å². The highest BCUT2D eigenvalue weighted by atomic mass is 35.5. The average Bonchev–Trinajstić information content (AvgIpc) is 2.58. The van der Waals surface area contributed by atoms with E-state index in [1.165, 1.54) is 12.1 Å². The fourth-order valence-electron chi connectivity index (χ4n) is 2.09. The lowest BCUT2D eigenvalue weighted by Gasteiger charge is -2.10. The highest BCUT2D eigenvalue weighted by molar-refractivity contribution is 7.92. The van der Waals surface area contributed by atoms with Crippen molar-refractivity contribution in [2.45, 2.75) is 4.90 Å². The Balaban J connectivity index is 1.76. The number of halogens is 1. The molecule has 0 aliphatic rings. The number of rotatable bonds is 5. The van der Waals surface area contributed by atoms with Gasteiger partial charge in [-0.2, -0.15) is 0 Å². The number of hydrogen-bond donors (Lipinski definition) is 1. The van der Waals surface area contributed by atoms with Crippen molar-refractivity contribution >= 4 is 27.3 Å². The van der Waals surface area contributed by atoms with Crippen LogP contribution in [0.4, 0.5) is 5.69 Å². The fraction of sp³-hybridized carbons (Fsp3) is 0. The van der Waals surface area contributed by atoms with Crippen molar-refractivity contribution in [3.63, 3.8) is 0 Å². The van der Waals surface area contributed by atoms with Gasteiger partial charge in [0.25, 0.3) is 10.0 Å². The van der Waals surface area contributed by atoms with Gasteiger partial charge in [-0.25, -0.2) is 8.42 Å². The summed E-state index contributed by atoms with van der Waals surface area (Å²) < 4.78 is 32.9. The molecule has 1 N–H and O–H groups in total. The minimum Gasteiger partial charge on any atom is -0.457 e. The maximum absolute atomic E-state index is 12.4. The zero-order valence-corrected chi connectivity index (χ0v) is 14.1. The fourth-order valence-corrected chi connectivity index (χ4v) is 3.67. The van der Waals surface area contributed by atoms with Crippen LogP contribution in [-0.4, -0.2) is 8.42 Å². The molecule has 3 aromatic rings. The van der Waals surface area contributed by atoms with Gasteiger partial charge in [-0.1, -0.05) is 41.9 Å². The summed E-state index contributed by atoms with van der Waals surface area (Å²) in [5.41, 5.74) is 0.426. The summed E-state index contributed by atoms with van der Waals surface area (Å²) in [4.78, 5) is 0.0382. The standard InChI is InChI=1S/C18H14ClNO3S/c19-17-8-4-5-9-18(17)24(21,22)20-14-10-12-16(13-11-14)23-15-6-2-1-3-7-15/h1-13,20H. The van der Waals surface area contributed by atoms with E-state index < -0.39 is 10.0 Å². The molecule has 0 radical (unpaired) electrons. The number of ether oxygens (including phenoxy) is 1. The second kappa shape index (κ2) is 6.95. The van der Waals surface area contributed by atoms with Crippen molar-refractivity contribution in [3.8, 4) is 11.5 Å². The van der Waals surface area contributed by atoms with Crippen LogP contribution in [0.1, 0.15) is 0 Å². The third kappa shape index (κ3) is 3.88. The molecule has 0 aliphatic carbocycles. The summed E-state index contributed by atoms with van der Waals surface area (Å²) in [6.45, 7) is 0. The molecule has 0 saturated carbocycles. The number of sulfonamides is 1. The minimum absolute atomic E-state index is 0.0382. The van der Waals surface area contributed by atoms with Gasteiger partial charge in [-0.15, -0.1) is 0 Å². The average molecular weight is 360 g/mol. The van der Waals surface area contributed by atoms with Crippen molar-refractivity contribution in [2.75, 3.05) is 4.72 Å². The summed E-state index contributed by atoms with van der Waals surface area (Å²) in [6.07, 6.45) is 0. The molecule has 0 fully saturated rings. The molecule has 6 heteroatoms. The highest BCUT2D eigenvalue weighted by Crippen LogP contribution is 2.26. The third-order valence-corrected chi connectivity index (χ3v) is 5.09. The molecule has 0 bridgehead atoms.